The molecule has 0 saturated heterocycles. The van der Waals surface area contributed by atoms with Gasteiger partial charge in [0.15, 0.2) is 6.61 Å². The standard InChI is InChI=1S/C21H23BrCl2N2O3/c1-13(2)25-21(28)14(3)26(11-15-5-4-6-16(22)9-15)20(27)12-29-19-8-7-17(23)10-18(19)24/h4-10,13-14H,11-12H2,1-3H3,(H,25,28). The lowest BCUT2D eigenvalue weighted by Gasteiger charge is -2.29. The summed E-state index contributed by atoms with van der Waals surface area (Å²) in [4.78, 5) is 27.0. The predicted molar refractivity (Wildman–Crippen MR) is 119 cm³/mol. The Morgan fingerprint density at radius 3 is 2.48 bits per heavy atom. The summed E-state index contributed by atoms with van der Waals surface area (Å²) in [5.74, 6) is -0.207. The molecule has 5 nitrogen and oxygen atoms in total. The summed E-state index contributed by atoms with van der Waals surface area (Å²) in [6.45, 7) is 5.45. The molecule has 0 aliphatic heterocycles. The molecule has 0 fully saturated rings. The molecule has 8 heteroatoms. The van der Waals surface area contributed by atoms with Crippen molar-refractivity contribution in [1.82, 2.24) is 10.2 Å². The van der Waals surface area contributed by atoms with Crippen LogP contribution in [0.15, 0.2) is 46.9 Å². The Balaban J connectivity index is 2.17. The molecule has 1 N–H and O–H groups in total. The van der Waals surface area contributed by atoms with Gasteiger partial charge in [0, 0.05) is 22.1 Å². The van der Waals surface area contributed by atoms with Crippen molar-refractivity contribution in [2.45, 2.75) is 39.4 Å². The molecule has 2 aromatic rings. The van der Waals surface area contributed by atoms with E-state index in [2.05, 4.69) is 21.2 Å². The van der Waals surface area contributed by atoms with Gasteiger partial charge in [0.05, 0.1) is 5.02 Å². The maximum absolute atomic E-state index is 13.0. The first kappa shape index (κ1) is 23.5. The van der Waals surface area contributed by atoms with E-state index in [4.69, 9.17) is 27.9 Å². The van der Waals surface area contributed by atoms with E-state index in [-0.39, 0.29) is 31.0 Å². The molecular formula is C21H23BrCl2N2O3. The highest BCUT2D eigenvalue weighted by Gasteiger charge is 2.27. The van der Waals surface area contributed by atoms with Gasteiger partial charge in [0.1, 0.15) is 11.8 Å². The second kappa shape index (κ2) is 10.9. The van der Waals surface area contributed by atoms with Crippen LogP contribution in [0.5, 0.6) is 5.75 Å². The average molecular weight is 502 g/mol. The van der Waals surface area contributed by atoms with Crippen molar-refractivity contribution in [3.63, 3.8) is 0 Å². The van der Waals surface area contributed by atoms with Crippen LogP contribution in [0.1, 0.15) is 26.3 Å². The fourth-order valence-corrected chi connectivity index (χ4v) is 3.54. The molecule has 0 bridgehead atoms. The smallest absolute Gasteiger partial charge is 0.261 e. The molecule has 0 aliphatic rings. The van der Waals surface area contributed by atoms with Crippen molar-refractivity contribution in [2.75, 3.05) is 6.61 Å². The summed E-state index contributed by atoms with van der Waals surface area (Å²) in [6, 6.07) is 11.7. The van der Waals surface area contributed by atoms with Crippen LogP contribution in [0.2, 0.25) is 10.0 Å². The van der Waals surface area contributed by atoms with Crippen molar-refractivity contribution >= 4 is 50.9 Å². The van der Waals surface area contributed by atoms with Crippen molar-refractivity contribution in [2.24, 2.45) is 0 Å². The summed E-state index contributed by atoms with van der Waals surface area (Å²) >= 11 is 15.4. The fourth-order valence-electron chi connectivity index (χ4n) is 2.63. The lowest BCUT2D eigenvalue weighted by atomic mass is 10.1. The highest BCUT2D eigenvalue weighted by atomic mass is 79.9. The SMILES string of the molecule is CC(C)NC(=O)C(C)N(Cc1cccc(Br)c1)C(=O)COc1ccc(Cl)cc1Cl. The Morgan fingerprint density at radius 1 is 1.14 bits per heavy atom. The maximum Gasteiger partial charge on any atom is 0.261 e. The van der Waals surface area contributed by atoms with E-state index in [9.17, 15) is 9.59 Å². The molecule has 0 radical (unpaired) electrons. The normalized spacial score (nSPS) is 11.8. The summed E-state index contributed by atoms with van der Waals surface area (Å²) in [5.41, 5.74) is 0.890. The molecule has 0 spiro atoms. The Bertz CT molecular complexity index is 877. The third-order valence-electron chi connectivity index (χ3n) is 4.09. The summed E-state index contributed by atoms with van der Waals surface area (Å²) < 4.78 is 6.48. The first-order valence-electron chi connectivity index (χ1n) is 9.09. The largest absolute Gasteiger partial charge is 0.482 e. The zero-order chi connectivity index (χ0) is 21.6. The average Bonchev–Trinajstić information content (AvgIpc) is 2.64. The summed E-state index contributed by atoms with van der Waals surface area (Å²) in [6.07, 6.45) is 0. The van der Waals surface area contributed by atoms with Crippen LogP contribution >= 0.6 is 39.1 Å². The van der Waals surface area contributed by atoms with Crippen LogP contribution in [0.4, 0.5) is 0 Å². The molecule has 2 amide bonds. The molecule has 0 aliphatic carbocycles. The second-order valence-corrected chi connectivity index (χ2v) is 8.61. The third kappa shape index (κ3) is 7.21. The number of rotatable bonds is 8. The van der Waals surface area contributed by atoms with Gasteiger partial charge < -0.3 is 15.0 Å². The number of nitrogens with zero attached hydrogens (tertiary/aromatic N) is 1. The number of nitrogens with one attached hydrogen (secondary N) is 1. The molecule has 2 aromatic carbocycles. The van der Waals surface area contributed by atoms with Gasteiger partial charge >= 0.3 is 0 Å². The van der Waals surface area contributed by atoms with Gasteiger partial charge in [-0.1, -0.05) is 51.3 Å². The van der Waals surface area contributed by atoms with Crippen LogP contribution < -0.4 is 10.1 Å². The summed E-state index contributed by atoms with van der Waals surface area (Å²) in [5, 5.41) is 3.64. The van der Waals surface area contributed by atoms with E-state index in [1.807, 2.05) is 38.1 Å². The van der Waals surface area contributed by atoms with E-state index in [0.717, 1.165) is 10.0 Å². The van der Waals surface area contributed by atoms with Gasteiger partial charge in [0.25, 0.3) is 5.91 Å². The Hall–Kier alpha value is -1.76. The molecule has 0 saturated carbocycles. The highest BCUT2D eigenvalue weighted by Crippen LogP contribution is 2.27. The number of benzene rings is 2. The minimum Gasteiger partial charge on any atom is -0.482 e. The molecule has 1 atom stereocenters. The monoisotopic (exact) mass is 500 g/mol. The third-order valence-corrected chi connectivity index (χ3v) is 5.11. The van der Waals surface area contributed by atoms with Crippen molar-refractivity contribution in [1.29, 1.82) is 0 Å². The molecule has 156 valence electrons. The van der Waals surface area contributed by atoms with Crippen molar-refractivity contribution in [3.05, 3.63) is 62.5 Å². The van der Waals surface area contributed by atoms with Gasteiger partial charge in [-0.2, -0.15) is 0 Å². The minimum atomic E-state index is -0.673. The van der Waals surface area contributed by atoms with E-state index >= 15 is 0 Å². The maximum atomic E-state index is 13.0. The number of ether oxygens (including phenoxy) is 1. The zero-order valence-electron chi connectivity index (χ0n) is 16.4. The topological polar surface area (TPSA) is 58.6 Å². The lowest BCUT2D eigenvalue weighted by Crippen LogP contribution is -2.50. The van der Waals surface area contributed by atoms with E-state index in [0.29, 0.717) is 15.8 Å². The highest BCUT2D eigenvalue weighted by molar-refractivity contribution is 9.10. The number of hydrogen-bond acceptors (Lipinski definition) is 3. The Kier molecular flexibility index (Phi) is 8.80. The van der Waals surface area contributed by atoms with Crippen LogP contribution in [-0.2, 0) is 16.1 Å². The van der Waals surface area contributed by atoms with Gasteiger partial charge in [-0.05, 0) is 56.7 Å². The molecule has 2 rings (SSSR count). The van der Waals surface area contributed by atoms with E-state index < -0.39 is 6.04 Å². The Morgan fingerprint density at radius 2 is 1.86 bits per heavy atom. The number of halogens is 3. The molecule has 29 heavy (non-hydrogen) atoms. The summed E-state index contributed by atoms with van der Waals surface area (Å²) in [7, 11) is 0. The van der Waals surface area contributed by atoms with Gasteiger partial charge in [-0.15, -0.1) is 0 Å². The van der Waals surface area contributed by atoms with Crippen LogP contribution in [0.25, 0.3) is 0 Å². The van der Waals surface area contributed by atoms with Crippen molar-refractivity contribution < 1.29 is 14.3 Å². The number of amides is 2. The number of carbonyl (C=O) groups is 2. The second-order valence-electron chi connectivity index (χ2n) is 6.85. The van der Waals surface area contributed by atoms with Gasteiger partial charge in [0.2, 0.25) is 5.91 Å². The quantitative estimate of drug-likeness (QED) is 0.548. The molecule has 1 unspecified atom stereocenters. The lowest BCUT2D eigenvalue weighted by molar-refractivity contribution is -0.142. The van der Waals surface area contributed by atoms with Crippen LogP contribution in [-0.4, -0.2) is 35.4 Å². The van der Waals surface area contributed by atoms with Crippen LogP contribution in [0.3, 0.4) is 0 Å². The van der Waals surface area contributed by atoms with E-state index in [1.165, 1.54) is 4.90 Å². The van der Waals surface area contributed by atoms with Gasteiger partial charge in [-0.25, -0.2) is 0 Å². The Labute approximate surface area is 189 Å². The first-order valence-corrected chi connectivity index (χ1v) is 10.6. The number of hydrogen-bond donors (Lipinski definition) is 1. The van der Waals surface area contributed by atoms with Crippen LogP contribution in [0, 0.1) is 0 Å². The number of carbonyl (C=O) groups excluding carboxylic acids is 2. The van der Waals surface area contributed by atoms with Crippen molar-refractivity contribution in [3.8, 4) is 5.75 Å². The zero-order valence-corrected chi connectivity index (χ0v) is 19.5. The predicted octanol–water partition coefficient (Wildman–Crippen LogP) is 5.08. The fraction of sp³-hybridized carbons (Fsp3) is 0.333. The molecular weight excluding hydrogens is 479 g/mol. The molecule has 0 heterocycles. The van der Waals surface area contributed by atoms with Gasteiger partial charge in [-0.3, -0.25) is 9.59 Å². The minimum absolute atomic E-state index is 0.0307. The first-order chi connectivity index (χ1) is 13.7. The molecule has 0 aromatic heterocycles. The van der Waals surface area contributed by atoms with E-state index in [1.54, 1.807) is 25.1 Å².